The highest BCUT2D eigenvalue weighted by molar-refractivity contribution is 7.98. The number of benzene rings is 1. The van der Waals surface area contributed by atoms with Gasteiger partial charge in [-0.3, -0.25) is 0 Å². The second-order valence-electron chi connectivity index (χ2n) is 3.61. The van der Waals surface area contributed by atoms with Crippen LogP contribution in [0.15, 0.2) is 45.9 Å². The monoisotopic (exact) mass is 263 g/mol. The number of nitrogen functional groups attached to an aromatic ring is 1. The van der Waals surface area contributed by atoms with Crippen LogP contribution in [0.25, 0.3) is 0 Å². The number of furan rings is 1. The summed E-state index contributed by atoms with van der Waals surface area (Å²) in [6.07, 6.45) is 1.49. The normalized spacial score (nSPS) is 10.3. The molecule has 0 saturated carbocycles. The molecule has 2 aromatic rings. The average molecular weight is 263 g/mol. The molecular weight excluding hydrogens is 250 g/mol. The van der Waals surface area contributed by atoms with Crippen molar-refractivity contribution in [1.82, 2.24) is 0 Å². The Bertz CT molecular complexity index is 551. The predicted molar refractivity (Wildman–Crippen MR) is 70.5 cm³/mol. The highest BCUT2D eigenvalue weighted by atomic mass is 32.2. The van der Waals surface area contributed by atoms with E-state index in [1.807, 2.05) is 24.3 Å². The number of anilines is 1. The third-order valence-corrected chi connectivity index (χ3v) is 3.37. The zero-order valence-corrected chi connectivity index (χ0v) is 10.7. The molecule has 4 nitrogen and oxygen atoms in total. The fraction of sp³-hybridized carbons (Fsp3) is 0.154. The maximum absolute atomic E-state index is 11.4. The van der Waals surface area contributed by atoms with Crippen molar-refractivity contribution in [2.75, 3.05) is 12.8 Å². The second kappa shape index (κ2) is 5.64. The number of rotatable bonds is 4. The molecule has 1 aromatic heterocycles. The lowest BCUT2D eigenvalue weighted by Crippen LogP contribution is -2.02. The summed E-state index contributed by atoms with van der Waals surface area (Å²) >= 11 is 1.55. The molecule has 94 valence electrons. The summed E-state index contributed by atoms with van der Waals surface area (Å²) in [6.45, 7) is 0. The van der Waals surface area contributed by atoms with E-state index in [-0.39, 0.29) is 5.97 Å². The van der Waals surface area contributed by atoms with Gasteiger partial charge in [-0.1, -0.05) is 6.07 Å². The van der Waals surface area contributed by atoms with Crippen LogP contribution < -0.4 is 5.73 Å². The minimum Gasteiger partial charge on any atom is -0.468 e. The molecule has 0 saturated heterocycles. The largest absolute Gasteiger partial charge is 0.468 e. The molecule has 0 atom stereocenters. The molecule has 0 aliphatic rings. The summed E-state index contributed by atoms with van der Waals surface area (Å²) in [5.74, 6) is 0.780. The first-order valence-electron chi connectivity index (χ1n) is 5.33. The molecule has 0 spiro atoms. The number of hydrogen-bond acceptors (Lipinski definition) is 5. The Kier molecular flexibility index (Phi) is 3.94. The Morgan fingerprint density at radius 2 is 2.28 bits per heavy atom. The van der Waals surface area contributed by atoms with Crippen LogP contribution in [0.5, 0.6) is 0 Å². The van der Waals surface area contributed by atoms with E-state index in [1.165, 1.54) is 13.4 Å². The molecule has 1 aromatic carbocycles. The number of ether oxygens (including phenoxy) is 1. The average Bonchev–Trinajstić information content (AvgIpc) is 2.84. The number of methoxy groups -OCH3 is 1. The summed E-state index contributed by atoms with van der Waals surface area (Å²) in [7, 11) is 1.35. The molecule has 0 aliphatic heterocycles. The Labute approximate surface area is 109 Å². The first-order valence-corrected chi connectivity index (χ1v) is 6.32. The molecule has 2 N–H and O–H groups in total. The lowest BCUT2D eigenvalue weighted by Gasteiger charge is -2.02. The van der Waals surface area contributed by atoms with Crippen molar-refractivity contribution in [3.05, 3.63) is 47.9 Å². The van der Waals surface area contributed by atoms with Gasteiger partial charge in [0.15, 0.2) is 0 Å². The molecule has 2 rings (SSSR count). The van der Waals surface area contributed by atoms with Crippen LogP contribution in [0.1, 0.15) is 16.1 Å². The minimum absolute atomic E-state index is 0.382. The van der Waals surface area contributed by atoms with Crippen molar-refractivity contribution in [1.29, 1.82) is 0 Å². The van der Waals surface area contributed by atoms with Gasteiger partial charge in [0.2, 0.25) is 0 Å². The zero-order valence-electron chi connectivity index (χ0n) is 9.88. The number of carbonyl (C=O) groups excluding carboxylic acids is 1. The Morgan fingerprint density at radius 1 is 1.44 bits per heavy atom. The van der Waals surface area contributed by atoms with Crippen molar-refractivity contribution in [2.24, 2.45) is 0 Å². The van der Waals surface area contributed by atoms with Crippen molar-refractivity contribution in [3.63, 3.8) is 0 Å². The van der Waals surface area contributed by atoms with Gasteiger partial charge in [0.25, 0.3) is 0 Å². The summed E-state index contributed by atoms with van der Waals surface area (Å²) in [4.78, 5) is 12.5. The maximum Gasteiger partial charge on any atom is 0.341 e. The highest BCUT2D eigenvalue weighted by Crippen LogP contribution is 2.26. The van der Waals surface area contributed by atoms with Crippen molar-refractivity contribution in [2.45, 2.75) is 10.6 Å². The van der Waals surface area contributed by atoms with Crippen LogP contribution in [0, 0.1) is 0 Å². The van der Waals surface area contributed by atoms with Gasteiger partial charge in [-0.15, -0.1) is 11.8 Å². The number of esters is 1. The van der Waals surface area contributed by atoms with E-state index in [1.54, 1.807) is 17.8 Å². The Morgan fingerprint density at radius 3 is 3.00 bits per heavy atom. The molecule has 0 unspecified atom stereocenters. The van der Waals surface area contributed by atoms with Gasteiger partial charge in [-0.25, -0.2) is 4.79 Å². The zero-order chi connectivity index (χ0) is 13.0. The van der Waals surface area contributed by atoms with E-state index in [0.29, 0.717) is 22.8 Å². The topological polar surface area (TPSA) is 65.5 Å². The van der Waals surface area contributed by atoms with Crippen LogP contribution >= 0.6 is 11.8 Å². The third-order valence-electron chi connectivity index (χ3n) is 2.38. The summed E-state index contributed by atoms with van der Waals surface area (Å²) < 4.78 is 9.96. The van der Waals surface area contributed by atoms with Gasteiger partial charge in [0.05, 0.1) is 19.1 Å². The Hall–Kier alpha value is -1.88. The van der Waals surface area contributed by atoms with Gasteiger partial charge >= 0.3 is 5.97 Å². The predicted octanol–water partition coefficient (Wildman–Crippen LogP) is 2.94. The van der Waals surface area contributed by atoms with Crippen molar-refractivity contribution >= 4 is 23.4 Å². The van der Waals surface area contributed by atoms with Crippen LogP contribution in [0.2, 0.25) is 0 Å². The molecule has 0 aliphatic carbocycles. The number of thioether (sulfide) groups is 1. The lowest BCUT2D eigenvalue weighted by atomic mass is 10.3. The molecule has 1 heterocycles. The molecule has 18 heavy (non-hydrogen) atoms. The molecular formula is C13H13NO3S. The fourth-order valence-corrected chi connectivity index (χ4v) is 2.41. The number of carbonyl (C=O) groups is 1. The summed E-state index contributed by atoms with van der Waals surface area (Å²) in [5.41, 5.74) is 6.88. The smallest absolute Gasteiger partial charge is 0.341 e. The van der Waals surface area contributed by atoms with Gasteiger partial charge < -0.3 is 14.9 Å². The Balaban J connectivity index is 2.07. The van der Waals surface area contributed by atoms with Crippen molar-refractivity contribution in [3.8, 4) is 0 Å². The van der Waals surface area contributed by atoms with Crippen LogP contribution in [-0.4, -0.2) is 13.1 Å². The van der Waals surface area contributed by atoms with Gasteiger partial charge in [0, 0.05) is 10.6 Å². The van der Waals surface area contributed by atoms with E-state index in [9.17, 15) is 4.79 Å². The highest BCUT2D eigenvalue weighted by Gasteiger charge is 2.14. The number of hydrogen-bond donors (Lipinski definition) is 1. The number of nitrogens with two attached hydrogens (primary N) is 1. The maximum atomic E-state index is 11.4. The van der Waals surface area contributed by atoms with Crippen LogP contribution in [-0.2, 0) is 10.5 Å². The van der Waals surface area contributed by atoms with E-state index in [0.717, 1.165) is 4.90 Å². The fourth-order valence-electron chi connectivity index (χ4n) is 1.50. The molecule has 0 amide bonds. The summed E-state index contributed by atoms with van der Waals surface area (Å²) in [5, 5.41) is 0. The van der Waals surface area contributed by atoms with E-state index < -0.39 is 0 Å². The first kappa shape index (κ1) is 12.6. The lowest BCUT2D eigenvalue weighted by molar-refractivity contribution is 0.0598. The molecule has 5 heteroatoms. The van der Waals surface area contributed by atoms with Crippen LogP contribution in [0.3, 0.4) is 0 Å². The molecule has 0 fully saturated rings. The van der Waals surface area contributed by atoms with Crippen LogP contribution in [0.4, 0.5) is 5.69 Å². The van der Waals surface area contributed by atoms with Gasteiger partial charge in [0.1, 0.15) is 11.3 Å². The van der Waals surface area contributed by atoms with E-state index >= 15 is 0 Å². The molecule has 0 radical (unpaired) electrons. The first-order chi connectivity index (χ1) is 8.70. The van der Waals surface area contributed by atoms with Crippen molar-refractivity contribution < 1.29 is 13.9 Å². The standard InChI is InChI=1S/C13H13NO3S/c1-16-13(15)11-5-6-17-12(11)8-18-10-4-2-3-9(14)7-10/h2-7H,8,14H2,1H3. The third kappa shape index (κ3) is 2.87. The summed E-state index contributed by atoms with van der Waals surface area (Å²) in [6, 6.07) is 9.17. The second-order valence-corrected chi connectivity index (χ2v) is 4.66. The SMILES string of the molecule is COC(=O)c1ccoc1CSc1cccc(N)c1. The van der Waals surface area contributed by atoms with Gasteiger partial charge in [-0.05, 0) is 24.3 Å². The minimum atomic E-state index is -0.382. The van der Waals surface area contributed by atoms with Gasteiger partial charge in [-0.2, -0.15) is 0 Å². The quantitative estimate of drug-likeness (QED) is 0.522. The van der Waals surface area contributed by atoms with E-state index in [4.69, 9.17) is 10.2 Å². The van der Waals surface area contributed by atoms with E-state index in [2.05, 4.69) is 4.74 Å². The molecule has 0 bridgehead atoms.